The lowest BCUT2D eigenvalue weighted by atomic mass is 10.0. The zero-order valence-electron chi connectivity index (χ0n) is 9.95. The molecule has 0 aliphatic carbocycles. The monoisotopic (exact) mass is 273 g/mol. The van der Waals surface area contributed by atoms with Gasteiger partial charge in [0.25, 0.3) is 10.1 Å². The van der Waals surface area contributed by atoms with Gasteiger partial charge in [-0.2, -0.15) is 8.42 Å². The van der Waals surface area contributed by atoms with Crippen LogP contribution in [0.5, 0.6) is 0 Å². The molecule has 4 nitrogen and oxygen atoms in total. The molecule has 3 rings (SSSR count). The molecule has 1 heterocycles. The van der Waals surface area contributed by atoms with E-state index in [1.54, 1.807) is 6.07 Å². The number of hydrogen-bond acceptors (Lipinski definition) is 3. The second-order valence-electron chi connectivity index (χ2n) is 4.37. The molecule has 2 aromatic carbocycles. The van der Waals surface area contributed by atoms with Crippen LogP contribution in [0.3, 0.4) is 0 Å². The minimum atomic E-state index is -4.18. The molecule has 0 unspecified atom stereocenters. The zero-order chi connectivity index (χ0) is 13.5. The summed E-state index contributed by atoms with van der Waals surface area (Å²) in [5.41, 5.74) is 3.50. The van der Waals surface area contributed by atoms with Gasteiger partial charge in [-0.25, -0.2) is 0 Å². The average molecular weight is 273 g/mol. The summed E-state index contributed by atoms with van der Waals surface area (Å²) >= 11 is 0. The van der Waals surface area contributed by atoms with Crippen molar-refractivity contribution >= 4 is 21.5 Å². The number of rotatable bonds is 2. The Morgan fingerprint density at radius 3 is 2.47 bits per heavy atom. The predicted octanol–water partition coefficient (Wildman–Crippen LogP) is 2.61. The summed E-state index contributed by atoms with van der Waals surface area (Å²) in [6.45, 7) is 0. The molecule has 1 N–H and O–H groups in total. The van der Waals surface area contributed by atoms with Gasteiger partial charge in [-0.15, -0.1) is 0 Å². The first-order chi connectivity index (χ1) is 9.04. The van der Waals surface area contributed by atoms with Crippen molar-refractivity contribution in [2.24, 2.45) is 4.99 Å². The van der Waals surface area contributed by atoms with Crippen molar-refractivity contribution in [3.8, 4) is 0 Å². The Balaban J connectivity index is 2.04. The Hall–Kier alpha value is -1.98. The maximum absolute atomic E-state index is 11.1. The van der Waals surface area contributed by atoms with E-state index in [1.165, 1.54) is 12.1 Å². The summed E-state index contributed by atoms with van der Waals surface area (Å²) in [4.78, 5) is 4.32. The molecule has 1 aliphatic rings. The molecule has 1 aliphatic heterocycles. The van der Waals surface area contributed by atoms with E-state index in [1.807, 2.05) is 30.3 Å². The molecule has 0 bridgehead atoms. The van der Waals surface area contributed by atoms with Crippen molar-refractivity contribution in [2.75, 3.05) is 0 Å². The van der Waals surface area contributed by atoms with Gasteiger partial charge in [0.1, 0.15) is 0 Å². The van der Waals surface area contributed by atoms with Crippen molar-refractivity contribution in [3.05, 3.63) is 59.7 Å². The first-order valence-electron chi connectivity index (χ1n) is 5.77. The molecule has 0 aromatic heterocycles. The van der Waals surface area contributed by atoms with E-state index in [-0.39, 0.29) is 4.90 Å². The molecule has 0 atom stereocenters. The topological polar surface area (TPSA) is 66.7 Å². The summed E-state index contributed by atoms with van der Waals surface area (Å²) in [5.74, 6) is 0. The van der Waals surface area contributed by atoms with Gasteiger partial charge in [-0.1, -0.05) is 36.4 Å². The van der Waals surface area contributed by atoms with Gasteiger partial charge in [0, 0.05) is 6.42 Å². The molecule has 5 heteroatoms. The van der Waals surface area contributed by atoms with E-state index >= 15 is 0 Å². The second-order valence-corrected chi connectivity index (χ2v) is 5.79. The standard InChI is InChI=1S/C14H11NO3S/c16-19(17,18)12-7-6-11-8-13(15-14(11)9-12)10-4-2-1-3-5-10/h1-7,9H,8H2,(H,16,17,18). The van der Waals surface area contributed by atoms with Crippen LogP contribution >= 0.6 is 0 Å². The number of hydrogen-bond donors (Lipinski definition) is 1. The van der Waals surface area contributed by atoms with Crippen molar-refractivity contribution in [1.29, 1.82) is 0 Å². The fraction of sp³-hybridized carbons (Fsp3) is 0.0714. The quantitative estimate of drug-likeness (QED) is 0.855. The van der Waals surface area contributed by atoms with Gasteiger partial charge in [0.15, 0.2) is 0 Å². The number of fused-ring (bicyclic) bond motifs is 1. The van der Waals surface area contributed by atoms with Crippen molar-refractivity contribution in [3.63, 3.8) is 0 Å². The third kappa shape index (κ3) is 2.30. The van der Waals surface area contributed by atoms with Gasteiger partial charge in [0.05, 0.1) is 16.3 Å². The lowest BCUT2D eigenvalue weighted by Crippen LogP contribution is -2.00. The maximum atomic E-state index is 11.1. The lowest BCUT2D eigenvalue weighted by molar-refractivity contribution is 0.483. The molecule has 0 spiro atoms. The average Bonchev–Trinajstić information content (AvgIpc) is 2.81. The van der Waals surface area contributed by atoms with E-state index in [4.69, 9.17) is 4.55 Å². The van der Waals surface area contributed by atoms with E-state index in [0.29, 0.717) is 12.1 Å². The summed E-state index contributed by atoms with van der Waals surface area (Å²) in [6, 6.07) is 14.2. The van der Waals surface area contributed by atoms with Crippen LogP contribution in [0.15, 0.2) is 58.4 Å². The maximum Gasteiger partial charge on any atom is 0.294 e. The van der Waals surface area contributed by atoms with Gasteiger partial charge >= 0.3 is 0 Å². The third-order valence-electron chi connectivity index (χ3n) is 3.07. The third-order valence-corrected chi connectivity index (χ3v) is 3.92. The smallest absolute Gasteiger partial charge is 0.282 e. The van der Waals surface area contributed by atoms with Crippen molar-refractivity contribution in [2.45, 2.75) is 11.3 Å². The van der Waals surface area contributed by atoms with Crippen molar-refractivity contribution in [1.82, 2.24) is 0 Å². The fourth-order valence-corrected chi connectivity index (χ4v) is 2.62. The summed E-state index contributed by atoms with van der Waals surface area (Å²) in [5, 5.41) is 0. The van der Waals surface area contributed by atoms with Crippen LogP contribution in [0, 0.1) is 0 Å². The number of nitrogens with zero attached hydrogens (tertiary/aromatic N) is 1. The SMILES string of the molecule is O=S(=O)(O)c1ccc2c(c1)N=C(c1ccccc1)C2. The zero-order valence-corrected chi connectivity index (χ0v) is 10.8. The highest BCUT2D eigenvalue weighted by Gasteiger charge is 2.19. The fourth-order valence-electron chi connectivity index (χ4n) is 2.12. The minimum Gasteiger partial charge on any atom is -0.282 e. The Morgan fingerprint density at radius 1 is 1.05 bits per heavy atom. The lowest BCUT2D eigenvalue weighted by Gasteiger charge is -2.00. The molecule has 0 radical (unpaired) electrons. The molecule has 0 saturated heterocycles. The van der Waals surface area contributed by atoms with Crippen LogP contribution in [0.25, 0.3) is 0 Å². The summed E-state index contributed by atoms with van der Waals surface area (Å²) in [6.07, 6.45) is 0.672. The Kier molecular flexibility index (Phi) is 2.73. The molecule has 0 amide bonds. The Labute approximate surface area is 111 Å². The van der Waals surface area contributed by atoms with Crippen LogP contribution in [0.4, 0.5) is 5.69 Å². The van der Waals surface area contributed by atoms with Crippen LogP contribution in [0.1, 0.15) is 11.1 Å². The molecule has 0 saturated carbocycles. The van der Waals surface area contributed by atoms with Crippen LogP contribution in [-0.2, 0) is 16.5 Å². The summed E-state index contributed by atoms with van der Waals surface area (Å²) in [7, 11) is -4.18. The van der Waals surface area contributed by atoms with E-state index < -0.39 is 10.1 Å². The van der Waals surface area contributed by atoms with E-state index in [0.717, 1.165) is 16.8 Å². The van der Waals surface area contributed by atoms with Gasteiger partial charge < -0.3 is 0 Å². The van der Waals surface area contributed by atoms with Crippen LogP contribution in [-0.4, -0.2) is 18.7 Å². The molecular weight excluding hydrogens is 262 g/mol. The van der Waals surface area contributed by atoms with Gasteiger partial charge in [-0.05, 0) is 23.3 Å². The van der Waals surface area contributed by atoms with Crippen LogP contribution < -0.4 is 0 Å². The highest BCUT2D eigenvalue weighted by molar-refractivity contribution is 7.85. The molecule has 0 fully saturated rings. The first kappa shape index (κ1) is 12.1. The largest absolute Gasteiger partial charge is 0.294 e. The van der Waals surface area contributed by atoms with Crippen molar-refractivity contribution < 1.29 is 13.0 Å². The summed E-state index contributed by atoms with van der Waals surface area (Å²) < 4.78 is 31.2. The second kappa shape index (κ2) is 4.29. The molecule has 19 heavy (non-hydrogen) atoms. The number of aliphatic imine (C=N–C) groups is 1. The minimum absolute atomic E-state index is 0.121. The first-order valence-corrected chi connectivity index (χ1v) is 7.21. The Morgan fingerprint density at radius 2 is 1.79 bits per heavy atom. The van der Waals surface area contributed by atoms with Gasteiger partial charge in [0.2, 0.25) is 0 Å². The molecule has 2 aromatic rings. The number of benzene rings is 2. The Bertz CT molecular complexity index is 765. The van der Waals surface area contributed by atoms with Crippen LogP contribution in [0.2, 0.25) is 0 Å². The normalized spacial score (nSPS) is 14.1. The highest BCUT2D eigenvalue weighted by atomic mass is 32.2. The van der Waals surface area contributed by atoms with Gasteiger partial charge in [-0.3, -0.25) is 9.55 Å². The highest BCUT2D eigenvalue weighted by Crippen LogP contribution is 2.31. The molecule has 96 valence electrons. The predicted molar refractivity (Wildman–Crippen MR) is 72.6 cm³/mol. The molecular formula is C14H11NO3S. The van der Waals surface area contributed by atoms with E-state index in [9.17, 15) is 8.42 Å². The van der Waals surface area contributed by atoms with E-state index in [2.05, 4.69) is 4.99 Å².